The van der Waals surface area contributed by atoms with Crippen molar-refractivity contribution >= 4 is 18.0 Å². The van der Waals surface area contributed by atoms with Crippen molar-refractivity contribution in [3.63, 3.8) is 0 Å². The summed E-state index contributed by atoms with van der Waals surface area (Å²) in [4.78, 5) is 34.0. The zero-order valence-corrected chi connectivity index (χ0v) is 18.2. The van der Waals surface area contributed by atoms with Gasteiger partial charge in [0.15, 0.2) is 6.29 Å². The third-order valence-electron chi connectivity index (χ3n) is 5.72. The van der Waals surface area contributed by atoms with Gasteiger partial charge in [-0.3, -0.25) is 14.4 Å². The van der Waals surface area contributed by atoms with Crippen molar-refractivity contribution < 1.29 is 44.7 Å². The Kier molecular flexibility index (Phi) is 13.2. The quantitative estimate of drug-likeness (QED) is 0.125. The van der Waals surface area contributed by atoms with Crippen molar-refractivity contribution in [2.45, 2.75) is 103 Å². The van der Waals surface area contributed by atoms with E-state index in [1.165, 1.54) is 6.92 Å². The van der Waals surface area contributed by atoms with E-state index < -0.39 is 41.3 Å². The number of aliphatic hydroxyl groups is 5. The minimum atomic E-state index is -2.62. The molecule has 0 aliphatic carbocycles. The van der Waals surface area contributed by atoms with Crippen LogP contribution in [0.5, 0.6) is 0 Å². The fourth-order valence-corrected chi connectivity index (χ4v) is 3.49. The Hall–Kier alpha value is -1.39. The van der Waals surface area contributed by atoms with Gasteiger partial charge in [0, 0.05) is 31.6 Å². The molecule has 0 aliphatic heterocycles. The normalized spacial score (nSPS) is 15.3. The summed E-state index contributed by atoms with van der Waals surface area (Å²) in [7, 11) is 0. The predicted molar refractivity (Wildman–Crippen MR) is 108 cm³/mol. The second kappa shape index (κ2) is 13.8. The molecule has 0 radical (unpaired) electrons. The molecule has 3 unspecified atom stereocenters. The summed E-state index contributed by atoms with van der Waals surface area (Å²) < 4.78 is 4.74. The average Bonchev–Trinajstić information content (AvgIpc) is 2.68. The molecule has 3 atom stereocenters. The second-order valence-corrected chi connectivity index (χ2v) is 8.00. The Morgan fingerprint density at radius 1 is 0.900 bits per heavy atom. The van der Waals surface area contributed by atoms with E-state index in [0.29, 0.717) is 12.8 Å². The van der Waals surface area contributed by atoms with Gasteiger partial charge in [-0.2, -0.15) is 0 Å². The summed E-state index contributed by atoms with van der Waals surface area (Å²) in [6.07, 6.45) is -1.22. The molecule has 0 aliphatic rings. The average molecular weight is 435 g/mol. The largest absolute Gasteiger partial charge is 0.466 e. The first-order valence-electron chi connectivity index (χ1n) is 10.5. The molecule has 0 saturated heterocycles. The van der Waals surface area contributed by atoms with E-state index in [1.807, 2.05) is 0 Å². The van der Waals surface area contributed by atoms with Crippen LogP contribution in [-0.2, 0) is 19.1 Å². The van der Waals surface area contributed by atoms with Crippen LogP contribution in [0.1, 0.15) is 78.6 Å². The number of carbonyl (C=O) groups is 3. The Bertz CT molecular complexity index is 529. The monoisotopic (exact) mass is 434 g/mol. The molecule has 0 aromatic carbocycles. The number of esters is 1. The molecular weight excluding hydrogens is 396 g/mol. The van der Waals surface area contributed by atoms with Gasteiger partial charge < -0.3 is 30.3 Å². The van der Waals surface area contributed by atoms with Gasteiger partial charge in [0.1, 0.15) is 5.78 Å². The van der Waals surface area contributed by atoms with Gasteiger partial charge in [0.25, 0.3) is 0 Å². The maximum atomic E-state index is 12.3. The van der Waals surface area contributed by atoms with Crippen LogP contribution in [0.25, 0.3) is 0 Å². The zero-order valence-electron chi connectivity index (χ0n) is 18.2. The van der Waals surface area contributed by atoms with Crippen LogP contribution >= 0.6 is 0 Å². The summed E-state index contributed by atoms with van der Waals surface area (Å²) in [6, 6.07) is 0. The topological polar surface area (TPSA) is 162 Å². The molecule has 0 bridgehead atoms. The fourth-order valence-electron chi connectivity index (χ4n) is 3.49. The van der Waals surface area contributed by atoms with Crippen LogP contribution in [0.2, 0.25) is 0 Å². The van der Waals surface area contributed by atoms with Crippen LogP contribution in [0.4, 0.5) is 0 Å². The molecule has 9 heteroatoms. The number of Topliss-reactive ketones (excluding diaryl/α,β-unsaturated/α-hetero) is 1. The van der Waals surface area contributed by atoms with E-state index >= 15 is 0 Å². The van der Waals surface area contributed by atoms with Crippen molar-refractivity contribution in [1.82, 2.24) is 0 Å². The number of ketones is 1. The van der Waals surface area contributed by atoms with Crippen LogP contribution in [0.15, 0.2) is 0 Å². The number of ether oxygens (including phenoxy) is 1. The van der Waals surface area contributed by atoms with E-state index in [0.717, 1.165) is 0 Å². The van der Waals surface area contributed by atoms with Crippen molar-refractivity contribution in [2.75, 3.05) is 6.61 Å². The highest BCUT2D eigenvalue weighted by atomic mass is 16.5. The fraction of sp³-hybridized carbons (Fsp3) is 0.857. The van der Waals surface area contributed by atoms with E-state index in [-0.39, 0.29) is 57.8 Å². The number of carbonyl (C=O) groups excluding carboxylic acids is 3. The predicted octanol–water partition coefficient (Wildman–Crippen LogP) is 0.618. The molecule has 0 aromatic rings. The lowest BCUT2D eigenvalue weighted by Gasteiger charge is -2.39. The van der Waals surface area contributed by atoms with Gasteiger partial charge in [0.05, 0.1) is 24.9 Å². The van der Waals surface area contributed by atoms with Crippen LogP contribution < -0.4 is 0 Å². The number of hydrogen-bond acceptors (Lipinski definition) is 9. The number of aliphatic hydroxyl groups excluding tert-OH is 3. The lowest BCUT2D eigenvalue weighted by molar-refractivity contribution is -0.226. The van der Waals surface area contributed by atoms with Crippen molar-refractivity contribution in [3.8, 4) is 0 Å². The molecule has 30 heavy (non-hydrogen) atoms. The molecule has 0 aromatic heterocycles. The third kappa shape index (κ3) is 10.1. The maximum absolute atomic E-state index is 12.3. The highest BCUT2D eigenvalue weighted by molar-refractivity contribution is 5.80. The standard InChI is InChI=1S/C21H38O9/c1-4-20(5-2,21(28,29)14-22)13-19(27)12-18(26)9-8-16(24)6-7-17(25)10-11-30-15(3)23/h14,16-18,24-26,28-29H,4-13H2,1-3H3. The lowest BCUT2D eigenvalue weighted by Crippen LogP contribution is -2.50. The summed E-state index contributed by atoms with van der Waals surface area (Å²) in [6.45, 7) is 4.71. The van der Waals surface area contributed by atoms with E-state index in [1.54, 1.807) is 13.8 Å². The van der Waals surface area contributed by atoms with E-state index in [2.05, 4.69) is 0 Å². The van der Waals surface area contributed by atoms with E-state index in [4.69, 9.17) is 4.74 Å². The lowest BCUT2D eigenvalue weighted by atomic mass is 9.71. The molecule has 0 heterocycles. The third-order valence-corrected chi connectivity index (χ3v) is 5.72. The van der Waals surface area contributed by atoms with Crippen LogP contribution in [0, 0.1) is 5.41 Å². The van der Waals surface area contributed by atoms with Crippen LogP contribution in [-0.4, -0.2) is 74.3 Å². The molecule has 176 valence electrons. The minimum Gasteiger partial charge on any atom is -0.466 e. The van der Waals surface area contributed by atoms with Gasteiger partial charge in [-0.1, -0.05) is 13.8 Å². The Morgan fingerprint density at radius 2 is 1.37 bits per heavy atom. The Labute approximate surface area is 178 Å². The SMILES string of the molecule is CCC(CC)(CC(=O)CC(O)CCC(O)CCC(O)CCOC(C)=O)C(O)(O)C=O. The molecule has 0 rings (SSSR count). The highest BCUT2D eigenvalue weighted by Crippen LogP contribution is 2.40. The summed E-state index contributed by atoms with van der Waals surface area (Å²) >= 11 is 0. The van der Waals surface area contributed by atoms with Crippen molar-refractivity contribution in [1.29, 1.82) is 0 Å². The van der Waals surface area contributed by atoms with E-state index in [9.17, 15) is 39.9 Å². The zero-order chi connectivity index (χ0) is 23.4. The smallest absolute Gasteiger partial charge is 0.302 e. The molecule has 0 spiro atoms. The Morgan fingerprint density at radius 3 is 1.80 bits per heavy atom. The molecule has 0 fully saturated rings. The molecule has 0 amide bonds. The number of rotatable bonds is 17. The first-order chi connectivity index (χ1) is 13.9. The summed E-state index contributed by atoms with van der Waals surface area (Å²) in [5.74, 6) is -3.43. The second-order valence-electron chi connectivity index (χ2n) is 8.00. The molecule has 0 saturated carbocycles. The van der Waals surface area contributed by atoms with Crippen molar-refractivity contribution in [2.24, 2.45) is 5.41 Å². The summed E-state index contributed by atoms with van der Waals surface area (Å²) in [5, 5.41) is 49.8. The van der Waals surface area contributed by atoms with Gasteiger partial charge in [0.2, 0.25) is 5.79 Å². The Balaban J connectivity index is 4.36. The molecular formula is C21H38O9. The number of aldehydes is 1. The van der Waals surface area contributed by atoms with Gasteiger partial charge in [-0.15, -0.1) is 0 Å². The first kappa shape index (κ1) is 28.6. The van der Waals surface area contributed by atoms with Crippen molar-refractivity contribution in [3.05, 3.63) is 0 Å². The molecule has 9 nitrogen and oxygen atoms in total. The van der Waals surface area contributed by atoms with Gasteiger partial charge in [-0.05, 0) is 38.5 Å². The highest BCUT2D eigenvalue weighted by Gasteiger charge is 2.48. The minimum absolute atomic E-state index is 0.0285. The van der Waals surface area contributed by atoms with Gasteiger partial charge in [-0.25, -0.2) is 0 Å². The maximum Gasteiger partial charge on any atom is 0.302 e. The van der Waals surface area contributed by atoms with Gasteiger partial charge >= 0.3 is 5.97 Å². The molecule has 5 N–H and O–H groups in total. The van der Waals surface area contributed by atoms with Crippen LogP contribution in [0.3, 0.4) is 0 Å². The summed E-state index contributed by atoms with van der Waals surface area (Å²) in [5.41, 5.74) is -1.31. The first-order valence-corrected chi connectivity index (χ1v) is 10.5. The number of hydrogen-bond donors (Lipinski definition) is 5.